The van der Waals surface area contributed by atoms with Gasteiger partial charge in [0.1, 0.15) is 6.04 Å². The number of aliphatic carboxylic acids is 1. The summed E-state index contributed by atoms with van der Waals surface area (Å²) in [6.45, 7) is 3.59. The number of carboxylic acids is 1. The Balaban J connectivity index is 2.89. The summed E-state index contributed by atoms with van der Waals surface area (Å²) in [5.74, 6) is -1.40. The number of rotatable bonds is 4. The smallest absolute Gasteiger partial charge is 0.326 e. The lowest BCUT2D eigenvalue weighted by Crippen LogP contribution is -2.40. The van der Waals surface area contributed by atoms with Crippen molar-refractivity contribution in [2.45, 2.75) is 26.3 Å². The van der Waals surface area contributed by atoms with Gasteiger partial charge in [-0.15, -0.1) is 0 Å². The van der Waals surface area contributed by atoms with Gasteiger partial charge in [0.25, 0.3) is 5.91 Å². The summed E-state index contributed by atoms with van der Waals surface area (Å²) in [6, 6.07) is 4.50. The number of nitrogens with one attached hydrogen (secondary N) is 1. The van der Waals surface area contributed by atoms with E-state index in [1.807, 2.05) is 13.0 Å². The maximum atomic E-state index is 11.9. The second kappa shape index (κ2) is 5.82. The van der Waals surface area contributed by atoms with Gasteiger partial charge in [-0.05, 0) is 41.4 Å². The minimum Gasteiger partial charge on any atom is -0.480 e. The van der Waals surface area contributed by atoms with Crippen LogP contribution in [0.4, 0.5) is 0 Å². The maximum absolute atomic E-state index is 11.9. The Morgan fingerprint density at radius 2 is 2.12 bits per heavy atom. The second-order valence-corrected chi connectivity index (χ2v) is 4.61. The van der Waals surface area contributed by atoms with Crippen molar-refractivity contribution >= 4 is 27.8 Å². The van der Waals surface area contributed by atoms with Crippen molar-refractivity contribution in [2.75, 3.05) is 0 Å². The fourth-order valence-electron chi connectivity index (χ4n) is 1.39. The van der Waals surface area contributed by atoms with Crippen LogP contribution < -0.4 is 5.32 Å². The number of hydrogen-bond acceptors (Lipinski definition) is 2. The van der Waals surface area contributed by atoms with Gasteiger partial charge in [0, 0.05) is 4.47 Å². The van der Waals surface area contributed by atoms with E-state index in [4.69, 9.17) is 5.11 Å². The molecule has 0 aliphatic heterocycles. The number of hydrogen-bond donors (Lipinski definition) is 2. The molecular weight excluding hydrogens is 286 g/mol. The molecule has 1 aromatic rings. The van der Waals surface area contributed by atoms with Crippen molar-refractivity contribution in [1.82, 2.24) is 5.32 Å². The molecule has 5 heteroatoms. The molecule has 92 valence electrons. The highest BCUT2D eigenvalue weighted by atomic mass is 79.9. The molecule has 1 rings (SSSR count). The standard InChI is InChI=1S/C12H14BrNO3/c1-3-10(12(16)17)14-11(15)8-6-7(2)4-5-9(8)13/h4-6,10H,3H2,1-2H3,(H,14,15)(H,16,17)/t10-/m1/s1. The highest BCUT2D eigenvalue weighted by Crippen LogP contribution is 2.18. The quantitative estimate of drug-likeness (QED) is 0.897. The molecule has 0 fully saturated rings. The van der Waals surface area contributed by atoms with E-state index >= 15 is 0 Å². The molecule has 0 unspecified atom stereocenters. The van der Waals surface area contributed by atoms with Gasteiger partial charge >= 0.3 is 5.97 Å². The van der Waals surface area contributed by atoms with Crippen LogP contribution >= 0.6 is 15.9 Å². The Labute approximate surface area is 108 Å². The van der Waals surface area contributed by atoms with Crippen molar-refractivity contribution in [3.05, 3.63) is 33.8 Å². The molecule has 17 heavy (non-hydrogen) atoms. The van der Waals surface area contributed by atoms with Crippen LogP contribution in [0.5, 0.6) is 0 Å². The van der Waals surface area contributed by atoms with E-state index < -0.39 is 12.0 Å². The van der Waals surface area contributed by atoms with Crippen molar-refractivity contribution < 1.29 is 14.7 Å². The predicted octanol–water partition coefficient (Wildman–Crippen LogP) is 2.35. The molecule has 0 bridgehead atoms. The van der Waals surface area contributed by atoms with E-state index in [0.717, 1.165) is 5.56 Å². The second-order valence-electron chi connectivity index (χ2n) is 3.76. The monoisotopic (exact) mass is 299 g/mol. The first kappa shape index (κ1) is 13.7. The highest BCUT2D eigenvalue weighted by Gasteiger charge is 2.19. The highest BCUT2D eigenvalue weighted by molar-refractivity contribution is 9.10. The van der Waals surface area contributed by atoms with Gasteiger partial charge in [0.15, 0.2) is 0 Å². The first-order valence-corrected chi connectivity index (χ1v) is 6.04. The van der Waals surface area contributed by atoms with Crippen molar-refractivity contribution in [2.24, 2.45) is 0 Å². The molecule has 2 N–H and O–H groups in total. The summed E-state index contributed by atoms with van der Waals surface area (Å²) in [5, 5.41) is 11.3. The molecule has 1 amide bonds. The number of benzene rings is 1. The minimum atomic E-state index is -1.02. The lowest BCUT2D eigenvalue weighted by atomic mass is 10.1. The van der Waals surface area contributed by atoms with E-state index in [9.17, 15) is 9.59 Å². The lowest BCUT2D eigenvalue weighted by Gasteiger charge is -2.13. The predicted molar refractivity (Wildman–Crippen MR) is 68.1 cm³/mol. The third kappa shape index (κ3) is 3.56. The maximum Gasteiger partial charge on any atom is 0.326 e. The fourth-order valence-corrected chi connectivity index (χ4v) is 1.81. The number of carbonyl (C=O) groups excluding carboxylic acids is 1. The third-order valence-corrected chi connectivity index (χ3v) is 3.07. The average molecular weight is 300 g/mol. The van der Waals surface area contributed by atoms with Crippen LogP contribution in [0.2, 0.25) is 0 Å². The zero-order chi connectivity index (χ0) is 13.0. The molecule has 0 radical (unpaired) electrons. The molecule has 0 aromatic heterocycles. The molecule has 1 aromatic carbocycles. The van der Waals surface area contributed by atoms with E-state index in [2.05, 4.69) is 21.2 Å². The molecule has 0 spiro atoms. The van der Waals surface area contributed by atoms with E-state index in [1.54, 1.807) is 19.1 Å². The summed E-state index contributed by atoms with van der Waals surface area (Å²) >= 11 is 3.27. The van der Waals surface area contributed by atoms with Crippen LogP contribution in [0.1, 0.15) is 29.3 Å². The van der Waals surface area contributed by atoms with Gasteiger partial charge in [0.05, 0.1) is 5.56 Å². The minimum absolute atomic E-state index is 0.352. The number of carboxylic acid groups (broad SMARTS) is 1. The molecule has 0 saturated heterocycles. The molecule has 4 nitrogen and oxygen atoms in total. The molecule has 0 aliphatic carbocycles. The van der Waals surface area contributed by atoms with Crippen LogP contribution in [-0.4, -0.2) is 23.0 Å². The van der Waals surface area contributed by atoms with Crippen molar-refractivity contribution in [1.29, 1.82) is 0 Å². The van der Waals surface area contributed by atoms with Gasteiger partial charge in [-0.25, -0.2) is 4.79 Å². The summed E-state index contributed by atoms with van der Waals surface area (Å²) in [5.41, 5.74) is 1.39. The molecular formula is C12H14BrNO3. The van der Waals surface area contributed by atoms with Crippen LogP contribution in [0.3, 0.4) is 0 Å². The Kier molecular flexibility index (Phi) is 4.69. The van der Waals surface area contributed by atoms with Crippen molar-refractivity contribution in [3.8, 4) is 0 Å². The van der Waals surface area contributed by atoms with Gasteiger partial charge in [0.2, 0.25) is 0 Å². The average Bonchev–Trinajstić information content (AvgIpc) is 2.28. The normalized spacial score (nSPS) is 11.9. The summed E-state index contributed by atoms with van der Waals surface area (Å²) in [7, 11) is 0. The first-order chi connectivity index (χ1) is 7.95. The number of halogens is 1. The van der Waals surface area contributed by atoms with Gasteiger partial charge in [-0.1, -0.05) is 18.6 Å². The zero-order valence-corrected chi connectivity index (χ0v) is 11.2. The Bertz CT molecular complexity index is 445. The van der Waals surface area contributed by atoms with Gasteiger partial charge in [-0.2, -0.15) is 0 Å². The molecule has 0 saturated carbocycles. The zero-order valence-electron chi connectivity index (χ0n) is 9.66. The molecule has 1 atom stereocenters. The van der Waals surface area contributed by atoms with Crippen LogP contribution in [0.15, 0.2) is 22.7 Å². The van der Waals surface area contributed by atoms with Crippen molar-refractivity contribution in [3.63, 3.8) is 0 Å². The first-order valence-electron chi connectivity index (χ1n) is 5.25. The summed E-state index contributed by atoms with van der Waals surface area (Å²) in [6.07, 6.45) is 0.352. The number of amides is 1. The topological polar surface area (TPSA) is 66.4 Å². The van der Waals surface area contributed by atoms with Gasteiger partial charge in [-0.3, -0.25) is 4.79 Å². The van der Waals surface area contributed by atoms with E-state index in [1.165, 1.54) is 0 Å². The van der Waals surface area contributed by atoms with E-state index in [-0.39, 0.29) is 5.91 Å². The van der Waals surface area contributed by atoms with Crippen LogP contribution in [-0.2, 0) is 4.79 Å². The summed E-state index contributed by atoms with van der Waals surface area (Å²) in [4.78, 5) is 22.7. The largest absolute Gasteiger partial charge is 0.480 e. The van der Waals surface area contributed by atoms with Crippen LogP contribution in [0, 0.1) is 6.92 Å². The number of aryl methyl sites for hydroxylation is 1. The third-order valence-electron chi connectivity index (χ3n) is 2.38. The Morgan fingerprint density at radius 3 is 2.65 bits per heavy atom. The SMILES string of the molecule is CC[C@@H](NC(=O)c1cc(C)ccc1Br)C(=O)O. The van der Waals surface area contributed by atoms with Crippen LogP contribution in [0.25, 0.3) is 0 Å². The van der Waals surface area contributed by atoms with Gasteiger partial charge < -0.3 is 10.4 Å². The lowest BCUT2D eigenvalue weighted by molar-refractivity contribution is -0.139. The molecule has 0 aliphatic rings. The fraction of sp³-hybridized carbons (Fsp3) is 0.333. The Morgan fingerprint density at radius 1 is 1.47 bits per heavy atom. The van der Waals surface area contributed by atoms with E-state index in [0.29, 0.717) is 16.5 Å². The summed E-state index contributed by atoms with van der Waals surface area (Å²) < 4.78 is 0.654. The molecule has 0 heterocycles. The Hall–Kier alpha value is -1.36. The number of carbonyl (C=O) groups is 2.